The van der Waals surface area contributed by atoms with Gasteiger partial charge in [0.05, 0.1) is 13.0 Å². The van der Waals surface area contributed by atoms with Crippen molar-refractivity contribution in [3.8, 4) is 11.5 Å². The Bertz CT molecular complexity index is 953. The second-order valence-electron chi connectivity index (χ2n) is 6.28. The van der Waals surface area contributed by atoms with E-state index in [1.165, 1.54) is 6.07 Å². The fourth-order valence-electron chi connectivity index (χ4n) is 2.47. The summed E-state index contributed by atoms with van der Waals surface area (Å²) >= 11 is 0. The molecule has 0 atom stereocenters. The van der Waals surface area contributed by atoms with E-state index in [2.05, 4.69) is 10.9 Å². The highest BCUT2D eigenvalue weighted by molar-refractivity contribution is 5.92. The molecule has 3 rings (SSSR count). The maximum atomic E-state index is 12.1. The maximum absolute atomic E-state index is 12.1. The number of para-hydroxylation sites is 1. The third-order valence-corrected chi connectivity index (χ3v) is 3.91. The minimum absolute atomic E-state index is 0.0768. The zero-order valence-electron chi connectivity index (χ0n) is 16.0. The smallest absolute Gasteiger partial charge is 0.305 e. The molecule has 29 heavy (non-hydrogen) atoms. The van der Waals surface area contributed by atoms with Gasteiger partial charge in [0.15, 0.2) is 5.76 Å². The number of amides is 2. The van der Waals surface area contributed by atoms with Gasteiger partial charge in [0.25, 0.3) is 0 Å². The van der Waals surface area contributed by atoms with Crippen LogP contribution in [0.5, 0.6) is 11.5 Å². The van der Waals surface area contributed by atoms with Crippen LogP contribution in [0.4, 0.5) is 0 Å². The largest absolute Gasteiger partial charge is 0.493 e. The van der Waals surface area contributed by atoms with Gasteiger partial charge in [0, 0.05) is 0 Å². The second-order valence-corrected chi connectivity index (χ2v) is 6.28. The first-order valence-corrected chi connectivity index (χ1v) is 9.15. The number of hydrogen-bond donors (Lipinski definition) is 2. The van der Waals surface area contributed by atoms with Crippen LogP contribution in [-0.4, -0.2) is 18.4 Å². The standard InChI is InChI=1S/C22H22N2O5/c1-16-6-5-9-18(14-16)27-13-12-21(25)23-24-22(26)20-11-10-19(29-20)15-28-17-7-3-2-4-8-17/h2-11,14H,12-13,15H2,1H3,(H,23,25)(H,24,26). The number of hydrazine groups is 1. The van der Waals surface area contributed by atoms with Crippen LogP contribution < -0.4 is 20.3 Å². The van der Waals surface area contributed by atoms with Gasteiger partial charge in [0.2, 0.25) is 5.91 Å². The van der Waals surface area contributed by atoms with Crippen LogP contribution >= 0.6 is 0 Å². The van der Waals surface area contributed by atoms with Crippen molar-refractivity contribution < 1.29 is 23.5 Å². The molecule has 3 aromatic rings. The lowest BCUT2D eigenvalue weighted by Gasteiger charge is -2.08. The highest BCUT2D eigenvalue weighted by atomic mass is 16.5. The van der Waals surface area contributed by atoms with Gasteiger partial charge in [-0.2, -0.15) is 0 Å². The summed E-state index contributed by atoms with van der Waals surface area (Å²) in [6.07, 6.45) is 0.0997. The number of ether oxygens (including phenoxy) is 2. The molecule has 0 radical (unpaired) electrons. The SMILES string of the molecule is Cc1cccc(OCCC(=O)NNC(=O)c2ccc(COc3ccccc3)o2)c1. The molecule has 0 spiro atoms. The summed E-state index contributed by atoms with van der Waals surface area (Å²) in [6.45, 7) is 2.36. The van der Waals surface area contributed by atoms with Crippen LogP contribution in [0.3, 0.4) is 0 Å². The van der Waals surface area contributed by atoms with Crippen LogP contribution in [0.1, 0.15) is 28.3 Å². The van der Waals surface area contributed by atoms with Crippen molar-refractivity contribution in [2.24, 2.45) is 0 Å². The van der Waals surface area contributed by atoms with Crippen LogP contribution in [0, 0.1) is 6.92 Å². The normalized spacial score (nSPS) is 10.2. The zero-order chi connectivity index (χ0) is 20.5. The number of carbonyl (C=O) groups is 2. The quantitative estimate of drug-likeness (QED) is 0.572. The highest BCUT2D eigenvalue weighted by Gasteiger charge is 2.12. The lowest BCUT2D eigenvalue weighted by Crippen LogP contribution is -2.41. The summed E-state index contributed by atoms with van der Waals surface area (Å²) in [6, 6.07) is 20.0. The molecule has 7 heteroatoms. The molecule has 2 N–H and O–H groups in total. The molecule has 0 aliphatic carbocycles. The Morgan fingerprint density at radius 2 is 1.69 bits per heavy atom. The molecular weight excluding hydrogens is 372 g/mol. The summed E-state index contributed by atoms with van der Waals surface area (Å²) in [4.78, 5) is 23.9. The lowest BCUT2D eigenvalue weighted by atomic mass is 10.2. The summed E-state index contributed by atoms with van der Waals surface area (Å²) in [5.41, 5.74) is 5.73. The molecule has 0 bridgehead atoms. The summed E-state index contributed by atoms with van der Waals surface area (Å²) < 4.78 is 16.5. The second kappa shape index (κ2) is 9.98. The fourth-order valence-corrected chi connectivity index (χ4v) is 2.47. The molecule has 0 unspecified atom stereocenters. The van der Waals surface area contributed by atoms with Gasteiger partial charge in [-0.25, -0.2) is 0 Å². The van der Waals surface area contributed by atoms with E-state index in [1.54, 1.807) is 6.07 Å². The van der Waals surface area contributed by atoms with Gasteiger partial charge >= 0.3 is 5.91 Å². The van der Waals surface area contributed by atoms with E-state index in [1.807, 2.05) is 61.5 Å². The highest BCUT2D eigenvalue weighted by Crippen LogP contribution is 2.14. The van der Waals surface area contributed by atoms with E-state index in [0.29, 0.717) is 17.3 Å². The predicted molar refractivity (Wildman–Crippen MR) is 106 cm³/mol. The minimum Gasteiger partial charge on any atom is -0.493 e. The molecule has 0 saturated heterocycles. The Kier molecular flexibility index (Phi) is 6.89. The monoisotopic (exact) mass is 394 g/mol. The van der Waals surface area contributed by atoms with E-state index >= 15 is 0 Å². The number of carbonyl (C=O) groups excluding carboxylic acids is 2. The molecule has 150 valence electrons. The topological polar surface area (TPSA) is 89.8 Å². The Hall–Kier alpha value is -3.74. The van der Waals surface area contributed by atoms with Crippen molar-refractivity contribution in [3.05, 3.63) is 83.8 Å². The third kappa shape index (κ3) is 6.42. The average Bonchev–Trinajstić information content (AvgIpc) is 3.20. The Balaban J connectivity index is 1.37. The van der Waals surface area contributed by atoms with Gasteiger partial charge in [-0.05, 0) is 48.9 Å². The van der Waals surface area contributed by atoms with Crippen LogP contribution in [0.15, 0.2) is 71.1 Å². The van der Waals surface area contributed by atoms with Gasteiger partial charge < -0.3 is 13.9 Å². The van der Waals surface area contributed by atoms with Crippen molar-refractivity contribution in [2.75, 3.05) is 6.61 Å². The summed E-state index contributed by atoms with van der Waals surface area (Å²) in [7, 11) is 0. The molecule has 2 aromatic carbocycles. The Morgan fingerprint density at radius 3 is 2.48 bits per heavy atom. The molecule has 0 fully saturated rings. The van der Waals surface area contributed by atoms with E-state index in [9.17, 15) is 9.59 Å². The lowest BCUT2D eigenvalue weighted by molar-refractivity contribution is -0.122. The molecular formula is C22H22N2O5. The Morgan fingerprint density at radius 1 is 0.897 bits per heavy atom. The van der Waals surface area contributed by atoms with Gasteiger partial charge in [-0.15, -0.1) is 0 Å². The first-order valence-electron chi connectivity index (χ1n) is 9.15. The molecule has 0 saturated carbocycles. The van der Waals surface area contributed by atoms with Crippen molar-refractivity contribution >= 4 is 11.8 Å². The first kappa shape index (κ1) is 20.0. The zero-order valence-corrected chi connectivity index (χ0v) is 16.0. The van der Waals surface area contributed by atoms with Crippen molar-refractivity contribution in [1.82, 2.24) is 10.9 Å². The van der Waals surface area contributed by atoms with Gasteiger partial charge in [-0.3, -0.25) is 20.4 Å². The fraction of sp³-hybridized carbons (Fsp3) is 0.182. The average molecular weight is 394 g/mol. The molecule has 1 aromatic heterocycles. The van der Waals surface area contributed by atoms with E-state index in [4.69, 9.17) is 13.9 Å². The van der Waals surface area contributed by atoms with Crippen molar-refractivity contribution in [2.45, 2.75) is 20.0 Å². The Labute approximate surface area is 168 Å². The maximum Gasteiger partial charge on any atom is 0.305 e. The van der Waals surface area contributed by atoms with E-state index < -0.39 is 5.91 Å². The number of benzene rings is 2. The summed E-state index contributed by atoms with van der Waals surface area (Å²) in [5.74, 6) is 1.05. The first-order chi connectivity index (χ1) is 14.1. The van der Waals surface area contributed by atoms with Crippen LogP contribution in [0.25, 0.3) is 0 Å². The van der Waals surface area contributed by atoms with E-state index in [0.717, 1.165) is 5.56 Å². The number of aryl methyl sites for hydroxylation is 1. The van der Waals surface area contributed by atoms with E-state index in [-0.39, 0.29) is 31.3 Å². The minimum atomic E-state index is -0.552. The predicted octanol–water partition coefficient (Wildman–Crippen LogP) is 3.40. The number of rotatable bonds is 8. The third-order valence-electron chi connectivity index (χ3n) is 3.91. The number of hydrogen-bond acceptors (Lipinski definition) is 5. The molecule has 1 heterocycles. The van der Waals surface area contributed by atoms with Crippen LogP contribution in [-0.2, 0) is 11.4 Å². The molecule has 0 aliphatic heterocycles. The number of furan rings is 1. The summed E-state index contributed by atoms with van der Waals surface area (Å²) in [5, 5.41) is 0. The molecule has 0 aliphatic rings. The van der Waals surface area contributed by atoms with Crippen LogP contribution in [0.2, 0.25) is 0 Å². The molecule has 2 amide bonds. The van der Waals surface area contributed by atoms with Gasteiger partial charge in [-0.1, -0.05) is 30.3 Å². The molecule has 7 nitrogen and oxygen atoms in total. The van der Waals surface area contributed by atoms with Crippen molar-refractivity contribution in [3.63, 3.8) is 0 Å². The van der Waals surface area contributed by atoms with Crippen molar-refractivity contribution in [1.29, 1.82) is 0 Å². The van der Waals surface area contributed by atoms with Gasteiger partial charge in [0.1, 0.15) is 23.9 Å². The number of nitrogens with one attached hydrogen (secondary N) is 2.